The van der Waals surface area contributed by atoms with E-state index in [-0.39, 0.29) is 6.04 Å². The van der Waals surface area contributed by atoms with Crippen molar-refractivity contribution in [2.75, 3.05) is 11.9 Å². The van der Waals surface area contributed by atoms with E-state index in [1.54, 1.807) is 11.3 Å². The topological polar surface area (TPSA) is 63.8 Å². The Morgan fingerprint density at radius 3 is 2.68 bits per heavy atom. The second-order valence-electron chi connectivity index (χ2n) is 6.57. The number of pyridine rings is 1. The average Bonchev–Trinajstić information content (AvgIpc) is 3.17. The second kappa shape index (κ2) is 8.22. The first-order valence-electron chi connectivity index (χ1n) is 8.82. The summed E-state index contributed by atoms with van der Waals surface area (Å²) in [5.74, 6) is -0.481. The highest BCUT2D eigenvalue weighted by atomic mass is 35.5. The van der Waals surface area contributed by atoms with E-state index in [0.717, 1.165) is 43.4 Å². The number of aromatic nitrogens is 2. The van der Waals surface area contributed by atoms with Crippen LogP contribution in [0.5, 0.6) is 0 Å². The maximum absolute atomic E-state index is 13.4. The van der Waals surface area contributed by atoms with Crippen LogP contribution < -0.4 is 11.1 Å². The van der Waals surface area contributed by atoms with Crippen LogP contribution in [-0.4, -0.2) is 22.6 Å². The fourth-order valence-electron chi connectivity index (χ4n) is 2.97. The van der Waals surface area contributed by atoms with Crippen LogP contribution in [0.3, 0.4) is 0 Å². The molecule has 0 radical (unpaired) electrons. The van der Waals surface area contributed by atoms with Gasteiger partial charge in [0, 0.05) is 41.5 Å². The van der Waals surface area contributed by atoms with Crippen LogP contribution in [0.25, 0.3) is 21.2 Å². The first kappa shape index (κ1) is 18.8. The number of hydrogen-bond acceptors (Lipinski definition) is 5. The molecule has 1 unspecified atom stereocenters. The van der Waals surface area contributed by atoms with Crippen LogP contribution in [0.1, 0.15) is 5.56 Å². The minimum Gasteiger partial charge on any atom is -0.360 e. The summed E-state index contributed by atoms with van der Waals surface area (Å²) in [4.78, 5) is 9.12. The Hall–Kier alpha value is -2.54. The highest BCUT2D eigenvalue weighted by molar-refractivity contribution is 7.18. The van der Waals surface area contributed by atoms with Gasteiger partial charge < -0.3 is 11.1 Å². The molecule has 2 aromatic carbocycles. The van der Waals surface area contributed by atoms with Gasteiger partial charge in [0.1, 0.15) is 0 Å². The maximum atomic E-state index is 13.4. The molecule has 0 bridgehead atoms. The maximum Gasteiger partial charge on any atom is 0.213 e. The Morgan fingerprint density at radius 1 is 1.04 bits per heavy atom. The van der Waals surface area contributed by atoms with E-state index in [2.05, 4.69) is 15.3 Å². The minimum atomic E-state index is -0.481. The Labute approximate surface area is 171 Å². The number of hydrogen-bond donors (Lipinski definition) is 2. The summed E-state index contributed by atoms with van der Waals surface area (Å²) < 4.78 is 13.4. The van der Waals surface area contributed by atoms with Gasteiger partial charge in [-0.05, 0) is 41.1 Å². The fourth-order valence-corrected chi connectivity index (χ4v) is 3.92. The van der Waals surface area contributed by atoms with Gasteiger partial charge in [0.2, 0.25) is 5.95 Å². The molecule has 0 aliphatic heterocycles. The summed E-state index contributed by atoms with van der Waals surface area (Å²) >= 11 is 7.45. The summed E-state index contributed by atoms with van der Waals surface area (Å²) in [7, 11) is 0. The zero-order chi connectivity index (χ0) is 19.5. The van der Waals surface area contributed by atoms with Gasteiger partial charge in [-0.25, -0.2) is 9.97 Å². The van der Waals surface area contributed by atoms with Gasteiger partial charge in [0.25, 0.3) is 0 Å². The van der Waals surface area contributed by atoms with Gasteiger partial charge in [0.15, 0.2) is 5.13 Å². The molecule has 4 nitrogen and oxygen atoms in total. The van der Waals surface area contributed by atoms with E-state index in [4.69, 9.17) is 17.3 Å². The van der Waals surface area contributed by atoms with E-state index >= 15 is 0 Å². The molecule has 3 N–H and O–H groups in total. The van der Waals surface area contributed by atoms with Crippen molar-refractivity contribution in [3.05, 3.63) is 77.5 Å². The van der Waals surface area contributed by atoms with Crippen LogP contribution in [0, 0.1) is 5.95 Å². The Balaban J connectivity index is 1.40. The lowest BCUT2D eigenvalue weighted by molar-refractivity contribution is 0.586. The number of benzene rings is 2. The van der Waals surface area contributed by atoms with Gasteiger partial charge in [-0.2, -0.15) is 4.39 Å². The summed E-state index contributed by atoms with van der Waals surface area (Å²) in [5, 5.41) is 6.55. The summed E-state index contributed by atoms with van der Waals surface area (Å²) in [6, 6.07) is 15.0. The summed E-state index contributed by atoms with van der Waals surface area (Å²) in [6.45, 7) is 0.615. The predicted molar refractivity (Wildman–Crippen MR) is 114 cm³/mol. The normalized spacial score (nSPS) is 12.2. The lowest BCUT2D eigenvalue weighted by Crippen LogP contribution is -2.31. The molecule has 0 spiro atoms. The van der Waals surface area contributed by atoms with Crippen molar-refractivity contribution in [3.63, 3.8) is 0 Å². The first-order chi connectivity index (χ1) is 13.6. The molecule has 142 valence electrons. The van der Waals surface area contributed by atoms with Crippen LogP contribution >= 0.6 is 22.9 Å². The van der Waals surface area contributed by atoms with E-state index in [9.17, 15) is 4.39 Å². The third kappa shape index (κ3) is 4.47. The Bertz CT molecular complexity index is 1100. The number of nitrogens with one attached hydrogen (secondary N) is 1. The third-order valence-electron chi connectivity index (χ3n) is 4.41. The van der Waals surface area contributed by atoms with Crippen LogP contribution in [-0.2, 0) is 6.42 Å². The van der Waals surface area contributed by atoms with Crippen LogP contribution in [0.2, 0.25) is 5.02 Å². The third-order valence-corrected chi connectivity index (χ3v) is 5.66. The van der Waals surface area contributed by atoms with Crippen molar-refractivity contribution in [3.8, 4) is 10.4 Å². The second-order valence-corrected chi connectivity index (χ2v) is 8.04. The zero-order valence-electron chi connectivity index (χ0n) is 14.9. The zero-order valence-corrected chi connectivity index (χ0v) is 16.5. The van der Waals surface area contributed by atoms with Crippen molar-refractivity contribution in [1.82, 2.24) is 9.97 Å². The number of nitrogens with zero attached hydrogens (tertiary/aromatic N) is 2. The number of rotatable bonds is 6. The number of anilines is 1. The first-order valence-corrected chi connectivity index (χ1v) is 10.0. The molecule has 4 rings (SSSR count). The molecule has 4 aromatic rings. The lowest BCUT2D eigenvalue weighted by atomic mass is 10.1. The highest BCUT2D eigenvalue weighted by Gasteiger charge is 2.09. The molecule has 2 heterocycles. The van der Waals surface area contributed by atoms with E-state index < -0.39 is 5.95 Å². The van der Waals surface area contributed by atoms with E-state index in [1.807, 2.05) is 48.7 Å². The molecule has 7 heteroatoms. The fraction of sp³-hybridized carbons (Fsp3) is 0.143. The van der Waals surface area contributed by atoms with Crippen molar-refractivity contribution in [2.24, 2.45) is 5.73 Å². The van der Waals surface area contributed by atoms with Crippen LogP contribution in [0.4, 0.5) is 9.52 Å². The van der Waals surface area contributed by atoms with Gasteiger partial charge in [-0.3, -0.25) is 0 Å². The quantitative estimate of drug-likeness (QED) is 0.431. The summed E-state index contributed by atoms with van der Waals surface area (Å²) in [6.07, 6.45) is 4.11. The largest absolute Gasteiger partial charge is 0.360 e. The molecular formula is C21H18ClFN4S. The van der Waals surface area contributed by atoms with Crippen molar-refractivity contribution < 1.29 is 4.39 Å². The average molecular weight is 413 g/mol. The lowest BCUT2D eigenvalue weighted by Gasteiger charge is -2.12. The van der Waals surface area contributed by atoms with Crippen LogP contribution in [0.15, 0.2) is 60.9 Å². The highest BCUT2D eigenvalue weighted by Crippen LogP contribution is 2.31. The molecule has 0 fully saturated rings. The molecule has 0 saturated heterocycles. The van der Waals surface area contributed by atoms with E-state index in [0.29, 0.717) is 6.54 Å². The SMILES string of the molecule is NC(CNc1ncc(-c2ccc3cnc(F)cc3c2)s1)Cc1ccc(Cl)cc1. The molecule has 2 aromatic heterocycles. The summed E-state index contributed by atoms with van der Waals surface area (Å²) in [5.41, 5.74) is 8.37. The number of fused-ring (bicyclic) bond motifs is 1. The monoisotopic (exact) mass is 412 g/mol. The number of halogens is 2. The molecular weight excluding hydrogens is 395 g/mol. The van der Waals surface area contributed by atoms with Gasteiger partial charge >= 0.3 is 0 Å². The van der Waals surface area contributed by atoms with Gasteiger partial charge in [-0.1, -0.05) is 47.2 Å². The molecule has 1 atom stereocenters. The van der Waals surface area contributed by atoms with Crippen molar-refractivity contribution in [2.45, 2.75) is 12.5 Å². The van der Waals surface area contributed by atoms with E-state index in [1.165, 1.54) is 12.3 Å². The molecule has 0 saturated carbocycles. The van der Waals surface area contributed by atoms with Crippen molar-refractivity contribution >= 4 is 38.8 Å². The van der Waals surface area contributed by atoms with Gasteiger partial charge in [0.05, 0.1) is 4.88 Å². The predicted octanol–water partition coefficient (Wildman–Crippen LogP) is 5.13. The Kier molecular flexibility index (Phi) is 5.52. The smallest absolute Gasteiger partial charge is 0.213 e. The molecule has 0 amide bonds. The Morgan fingerprint density at radius 2 is 1.86 bits per heavy atom. The molecule has 0 aliphatic rings. The van der Waals surface area contributed by atoms with Gasteiger partial charge in [-0.15, -0.1) is 0 Å². The number of nitrogens with two attached hydrogens (primary N) is 1. The minimum absolute atomic E-state index is 0.0373. The molecule has 28 heavy (non-hydrogen) atoms. The van der Waals surface area contributed by atoms with Crippen molar-refractivity contribution in [1.29, 1.82) is 0 Å². The molecule has 0 aliphatic carbocycles. The standard InChI is InChI=1S/C21H18ClFN4S/c22-17-5-1-13(2-6-17)7-18(24)11-26-21-27-12-19(28-21)14-3-4-15-10-25-20(23)9-16(15)8-14/h1-6,8-10,12,18H,7,11,24H2,(H,26,27). The number of thiazole rings is 1.